The van der Waals surface area contributed by atoms with Gasteiger partial charge < -0.3 is 4.98 Å². The average Bonchev–Trinajstić information content (AvgIpc) is 3.77. The predicted octanol–water partition coefficient (Wildman–Crippen LogP) is 13.3. The molecule has 1 N–H and O–H groups in total. The summed E-state index contributed by atoms with van der Waals surface area (Å²) in [6.45, 7) is 13.7. The van der Waals surface area contributed by atoms with Crippen LogP contribution in [0.5, 0.6) is 0 Å². The van der Waals surface area contributed by atoms with Gasteiger partial charge in [-0.05, 0) is 88.2 Å². The molecule has 264 valence electrons. The molecule has 0 aliphatic heterocycles. The van der Waals surface area contributed by atoms with Crippen molar-refractivity contribution in [2.24, 2.45) is 0 Å². The van der Waals surface area contributed by atoms with Crippen LogP contribution < -0.4 is 0 Å². The van der Waals surface area contributed by atoms with Crippen molar-refractivity contribution in [2.45, 2.75) is 52.4 Å². The second kappa shape index (κ2) is 12.7. The van der Waals surface area contributed by atoms with E-state index in [1.54, 1.807) is 0 Å². The first-order valence-corrected chi connectivity index (χ1v) is 18.8. The maximum Gasteiger partial charge on any atom is 0.145 e. The zero-order valence-corrected chi connectivity index (χ0v) is 31.8. The van der Waals surface area contributed by atoms with Crippen molar-refractivity contribution in [1.29, 1.82) is 0 Å². The molecule has 3 aromatic heterocycles. The van der Waals surface area contributed by atoms with E-state index in [2.05, 4.69) is 203 Å². The van der Waals surface area contributed by atoms with Gasteiger partial charge >= 0.3 is 0 Å². The van der Waals surface area contributed by atoms with Crippen LogP contribution in [0.25, 0.3) is 83.6 Å². The number of rotatable bonds is 5. The van der Waals surface area contributed by atoms with Gasteiger partial charge in [-0.1, -0.05) is 133 Å². The van der Waals surface area contributed by atoms with E-state index in [0.717, 1.165) is 72.8 Å². The molecule has 54 heavy (non-hydrogen) atoms. The molecule has 9 rings (SSSR count). The lowest BCUT2D eigenvalue weighted by Crippen LogP contribution is -2.12. The molecule has 9 aromatic rings. The van der Waals surface area contributed by atoms with Gasteiger partial charge in [-0.15, -0.1) is 0 Å². The maximum absolute atomic E-state index is 5.57. The van der Waals surface area contributed by atoms with Gasteiger partial charge in [0.25, 0.3) is 0 Å². The highest BCUT2D eigenvalue weighted by atomic mass is 15.1. The van der Waals surface area contributed by atoms with Gasteiger partial charge in [-0.2, -0.15) is 0 Å². The lowest BCUT2D eigenvalue weighted by Gasteiger charge is -2.22. The number of nitrogens with one attached hydrogen (secondary N) is 1. The van der Waals surface area contributed by atoms with Crippen molar-refractivity contribution in [1.82, 2.24) is 19.5 Å². The van der Waals surface area contributed by atoms with Crippen molar-refractivity contribution in [3.8, 4) is 50.8 Å². The molecule has 0 amide bonds. The Morgan fingerprint density at radius 3 is 1.83 bits per heavy atom. The molecule has 4 nitrogen and oxygen atoms in total. The van der Waals surface area contributed by atoms with E-state index in [-0.39, 0.29) is 10.8 Å². The molecule has 4 heteroatoms. The van der Waals surface area contributed by atoms with Crippen LogP contribution >= 0.6 is 0 Å². The monoisotopic (exact) mass is 700 g/mol. The zero-order valence-electron chi connectivity index (χ0n) is 31.8. The summed E-state index contributed by atoms with van der Waals surface area (Å²) in [5, 5.41) is 3.51. The van der Waals surface area contributed by atoms with Crippen LogP contribution in [-0.4, -0.2) is 19.5 Å². The Morgan fingerprint density at radius 2 is 1.11 bits per heavy atom. The van der Waals surface area contributed by atoms with Crippen LogP contribution in [0.4, 0.5) is 0 Å². The van der Waals surface area contributed by atoms with Gasteiger partial charge in [0.05, 0.1) is 33.6 Å². The van der Waals surface area contributed by atoms with Crippen LogP contribution in [0.3, 0.4) is 0 Å². The van der Waals surface area contributed by atoms with Gasteiger partial charge in [0.2, 0.25) is 0 Å². The van der Waals surface area contributed by atoms with E-state index < -0.39 is 0 Å². The number of hydrogen-bond donors (Lipinski definition) is 1. The fraction of sp³-hybridized carbons (Fsp3) is 0.160. The van der Waals surface area contributed by atoms with Gasteiger partial charge in [0.1, 0.15) is 5.82 Å². The first kappa shape index (κ1) is 33.6. The number of nitrogens with zero attached hydrogens (tertiary/aromatic N) is 3. The first-order chi connectivity index (χ1) is 26.0. The molecular weight excluding hydrogens is 657 g/mol. The van der Waals surface area contributed by atoms with Crippen LogP contribution in [0.2, 0.25) is 0 Å². The molecule has 3 heterocycles. The molecule has 6 aromatic carbocycles. The van der Waals surface area contributed by atoms with E-state index in [1.165, 1.54) is 21.9 Å². The van der Waals surface area contributed by atoms with E-state index in [4.69, 9.17) is 9.97 Å². The second-order valence-corrected chi connectivity index (χ2v) is 16.5. The normalized spacial score (nSPS) is 12.3. The molecule has 0 aliphatic rings. The summed E-state index contributed by atoms with van der Waals surface area (Å²) in [5.41, 5.74) is 14.0. The molecule has 0 unspecified atom stereocenters. The average molecular weight is 701 g/mol. The third kappa shape index (κ3) is 5.88. The summed E-state index contributed by atoms with van der Waals surface area (Å²) in [7, 11) is 0. The molecule has 0 saturated heterocycles. The Bertz CT molecular complexity index is 2830. The highest BCUT2D eigenvalue weighted by molar-refractivity contribution is 6.09. The SMILES string of the molecule is CC(C)(C)c1cc(-c2ccc3cc(C(C)(C)C)cc(-c4[nH]c(-c5ccccc5)c5ccccc45)c3n2)cc(-c2nc3ccccc3n2-c2ccccc2)c1. The van der Waals surface area contributed by atoms with Crippen molar-refractivity contribution in [3.05, 3.63) is 163 Å². The van der Waals surface area contributed by atoms with E-state index in [0.29, 0.717) is 0 Å². The Morgan fingerprint density at radius 1 is 0.500 bits per heavy atom. The second-order valence-electron chi connectivity index (χ2n) is 16.5. The molecule has 0 atom stereocenters. The van der Waals surface area contributed by atoms with Crippen molar-refractivity contribution < 1.29 is 0 Å². The third-order valence-corrected chi connectivity index (χ3v) is 10.6. The number of benzene rings is 6. The lowest BCUT2D eigenvalue weighted by atomic mass is 9.84. The van der Waals surface area contributed by atoms with Crippen molar-refractivity contribution in [3.63, 3.8) is 0 Å². The topological polar surface area (TPSA) is 46.5 Å². The Balaban J connectivity index is 1.29. The fourth-order valence-corrected chi connectivity index (χ4v) is 7.64. The first-order valence-electron chi connectivity index (χ1n) is 18.8. The summed E-state index contributed by atoms with van der Waals surface area (Å²) < 4.78 is 2.28. The van der Waals surface area contributed by atoms with E-state index in [1.807, 2.05) is 0 Å². The number of para-hydroxylation sites is 3. The molecule has 0 saturated carbocycles. The van der Waals surface area contributed by atoms with Gasteiger partial charge in [-0.3, -0.25) is 4.57 Å². The number of H-pyrrole nitrogens is 1. The highest BCUT2D eigenvalue weighted by Gasteiger charge is 2.23. The fourth-order valence-electron chi connectivity index (χ4n) is 7.64. The number of aromatic amines is 1. The Hall–Kier alpha value is -6.26. The highest BCUT2D eigenvalue weighted by Crippen LogP contribution is 2.42. The smallest absolute Gasteiger partial charge is 0.145 e. The van der Waals surface area contributed by atoms with Gasteiger partial charge in [0, 0.05) is 38.5 Å². The summed E-state index contributed by atoms with van der Waals surface area (Å²) in [6, 6.07) is 54.2. The lowest BCUT2D eigenvalue weighted by molar-refractivity contribution is 0.590. The number of aromatic nitrogens is 4. The molecule has 0 fully saturated rings. The Kier molecular flexibility index (Phi) is 7.90. The van der Waals surface area contributed by atoms with Gasteiger partial charge in [-0.25, -0.2) is 9.97 Å². The molecular formula is C50H44N4. The number of imidazole rings is 1. The van der Waals surface area contributed by atoms with Gasteiger partial charge in [0.15, 0.2) is 0 Å². The zero-order chi connectivity index (χ0) is 37.2. The molecule has 0 spiro atoms. The van der Waals surface area contributed by atoms with Crippen LogP contribution in [0.1, 0.15) is 52.7 Å². The van der Waals surface area contributed by atoms with Crippen LogP contribution in [-0.2, 0) is 10.8 Å². The quantitative estimate of drug-likeness (QED) is 0.194. The largest absolute Gasteiger partial charge is 0.353 e. The van der Waals surface area contributed by atoms with Crippen molar-refractivity contribution in [2.75, 3.05) is 0 Å². The third-order valence-electron chi connectivity index (χ3n) is 10.6. The minimum atomic E-state index is -0.102. The summed E-state index contributed by atoms with van der Waals surface area (Å²) in [6.07, 6.45) is 0. The summed E-state index contributed by atoms with van der Waals surface area (Å²) in [5.74, 6) is 0.914. The number of hydrogen-bond acceptors (Lipinski definition) is 2. The maximum atomic E-state index is 5.57. The van der Waals surface area contributed by atoms with Crippen LogP contribution in [0, 0.1) is 0 Å². The van der Waals surface area contributed by atoms with Crippen LogP contribution in [0.15, 0.2) is 152 Å². The standard InChI is InChI=1S/C50H44N4/c1-49(2,3)36-29-34(27-35(30-36)48-52-43-23-15-16-24-44(43)54(48)38-19-11-8-12-20-38)42-26-25-33-28-37(50(4,5)6)31-41(46(33)51-42)47-40-22-14-13-21-39(40)45(53-47)32-17-9-7-10-18-32/h7-31,53H,1-6H3. The number of fused-ring (bicyclic) bond motifs is 3. The number of pyridine rings is 1. The summed E-state index contributed by atoms with van der Waals surface area (Å²) >= 11 is 0. The van der Waals surface area contributed by atoms with E-state index >= 15 is 0 Å². The van der Waals surface area contributed by atoms with E-state index in [9.17, 15) is 0 Å². The molecule has 0 bridgehead atoms. The molecule has 0 radical (unpaired) electrons. The van der Waals surface area contributed by atoms with Crippen molar-refractivity contribution >= 4 is 32.7 Å². The summed E-state index contributed by atoms with van der Waals surface area (Å²) in [4.78, 5) is 14.7. The predicted molar refractivity (Wildman–Crippen MR) is 227 cm³/mol. The minimum Gasteiger partial charge on any atom is -0.353 e. The Labute approximate surface area is 317 Å². The minimum absolute atomic E-state index is 0.0492. The molecule has 0 aliphatic carbocycles.